The molecule has 1 amide bonds. The molecule has 0 fully saturated rings. The number of aliphatic hydroxyl groups is 2. The van der Waals surface area contributed by atoms with Crippen molar-refractivity contribution in [3.05, 3.63) is 60.8 Å². The lowest BCUT2D eigenvalue weighted by Gasteiger charge is -2.24. The molecule has 0 bridgehead atoms. The summed E-state index contributed by atoms with van der Waals surface area (Å²) in [4.78, 5) is 26.1. The third-order valence-electron chi connectivity index (χ3n) is 11.6. The van der Waals surface area contributed by atoms with Crippen molar-refractivity contribution in [3.63, 3.8) is 0 Å². The summed E-state index contributed by atoms with van der Waals surface area (Å²) < 4.78 is 5.91. The standard InChI is InChI=1S/C55H99NO5/c1-4-7-10-13-16-19-22-25-27-28-29-32-35-38-41-44-47-53(58)52(50-57)56-54(59)49-51(46-43-40-37-34-31-24-21-18-15-12-9-6-3)61-55(60)48-45-42-39-36-33-30-26-23-20-17-14-11-8-5-2/h8-9,11-12,17-18,20-21,31,34,51-53,57-58H,4-7,10,13-16,19,22-30,32-33,35-50H2,1-3H3,(H,56,59)/b11-8+,12-9+,20-17+,21-18+,34-31+. The van der Waals surface area contributed by atoms with Crippen molar-refractivity contribution in [2.45, 2.75) is 270 Å². The van der Waals surface area contributed by atoms with Crippen LogP contribution in [0, 0.1) is 0 Å². The van der Waals surface area contributed by atoms with Gasteiger partial charge >= 0.3 is 5.97 Å². The van der Waals surface area contributed by atoms with E-state index >= 15 is 0 Å². The highest BCUT2D eigenvalue weighted by Crippen LogP contribution is 2.17. The van der Waals surface area contributed by atoms with E-state index in [1.165, 1.54) is 109 Å². The molecule has 0 aromatic rings. The van der Waals surface area contributed by atoms with Gasteiger partial charge in [-0.2, -0.15) is 0 Å². The number of carbonyl (C=O) groups is 2. The van der Waals surface area contributed by atoms with E-state index in [1.807, 2.05) is 0 Å². The van der Waals surface area contributed by atoms with Crippen LogP contribution in [0.2, 0.25) is 0 Å². The van der Waals surface area contributed by atoms with Gasteiger partial charge in [-0.05, 0) is 83.5 Å². The second kappa shape index (κ2) is 48.6. The van der Waals surface area contributed by atoms with Crippen LogP contribution in [0.4, 0.5) is 0 Å². The average molecular weight is 854 g/mol. The van der Waals surface area contributed by atoms with Crippen LogP contribution in [0.1, 0.15) is 252 Å². The molecule has 0 aliphatic rings. The molecule has 3 atom stereocenters. The molecule has 3 N–H and O–H groups in total. The Labute approximate surface area is 378 Å². The number of unbranched alkanes of at least 4 members (excludes halogenated alkanes) is 24. The highest BCUT2D eigenvalue weighted by Gasteiger charge is 2.24. The number of allylic oxidation sites excluding steroid dienone is 10. The van der Waals surface area contributed by atoms with Crippen molar-refractivity contribution in [1.82, 2.24) is 5.32 Å². The Bertz CT molecular complexity index is 1090. The van der Waals surface area contributed by atoms with E-state index in [-0.39, 0.29) is 24.9 Å². The van der Waals surface area contributed by atoms with E-state index in [1.54, 1.807) is 0 Å². The fourth-order valence-electron chi connectivity index (χ4n) is 7.72. The molecule has 0 aromatic carbocycles. The van der Waals surface area contributed by atoms with E-state index in [4.69, 9.17) is 4.74 Å². The van der Waals surface area contributed by atoms with Gasteiger partial charge < -0.3 is 20.3 Å². The predicted octanol–water partition coefficient (Wildman–Crippen LogP) is 15.6. The normalized spacial score (nSPS) is 13.7. The van der Waals surface area contributed by atoms with Gasteiger partial charge in [0, 0.05) is 6.42 Å². The zero-order chi connectivity index (χ0) is 44.5. The molecule has 3 unspecified atom stereocenters. The van der Waals surface area contributed by atoms with Gasteiger partial charge in [0.15, 0.2) is 0 Å². The number of carbonyl (C=O) groups excluding carboxylic acids is 2. The summed E-state index contributed by atoms with van der Waals surface area (Å²) in [7, 11) is 0. The minimum absolute atomic E-state index is 0.0474. The lowest BCUT2D eigenvalue weighted by Crippen LogP contribution is -2.46. The first-order chi connectivity index (χ1) is 30.0. The van der Waals surface area contributed by atoms with Crippen molar-refractivity contribution < 1.29 is 24.5 Å². The number of amides is 1. The Hall–Kier alpha value is -2.44. The van der Waals surface area contributed by atoms with Gasteiger partial charge in [-0.1, -0.05) is 216 Å². The van der Waals surface area contributed by atoms with Crippen molar-refractivity contribution in [3.8, 4) is 0 Å². The Balaban J connectivity index is 4.56. The van der Waals surface area contributed by atoms with Crippen LogP contribution in [0.3, 0.4) is 0 Å². The molecule has 0 saturated heterocycles. The Morgan fingerprint density at radius 3 is 1.36 bits per heavy atom. The summed E-state index contributed by atoms with van der Waals surface area (Å²) in [5, 5.41) is 23.8. The van der Waals surface area contributed by atoms with Gasteiger partial charge in [0.1, 0.15) is 6.10 Å². The van der Waals surface area contributed by atoms with Crippen molar-refractivity contribution in [2.24, 2.45) is 0 Å². The van der Waals surface area contributed by atoms with E-state index in [2.05, 4.69) is 86.8 Å². The molecule has 6 nitrogen and oxygen atoms in total. The zero-order valence-corrected chi connectivity index (χ0v) is 40.3. The van der Waals surface area contributed by atoms with Gasteiger partial charge in [-0.3, -0.25) is 9.59 Å². The fourth-order valence-corrected chi connectivity index (χ4v) is 7.72. The van der Waals surface area contributed by atoms with Crippen LogP contribution in [-0.4, -0.2) is 46.9 Å². The van der Waals surface area contributed by atoms with Gasteiger partial charge in [-0.25, -0.2) is 0 Å². The molecular weight excluding hydrogens is 755 g/mol. The molecule has 0 aliphatic heterocycles. The van der Waals surface area contributed by atoms with Gasteiger partial charge in [-0.15, -0.1) is 0 Å². The first kappa shape index (κ1) is 58.6. The van der Waals surface area contributed by atoms with E-state index in [0.29, 0.717) is 19.3 Å². The molecule has 354 valence electrons. The summed E-state index contributed by atoms with van der Waals surface area (Å²) in [6.07, 6.45) is 60.0. The third kappa shape index (κ3) is 44.0. The number of nitrogens with one attached hydrogen (secondary N) is 1. The molecular formula is C55H99NO5. The Morgan fingerprint density at radius 1 is 0.492 bits per heavy atom. The average Bonchev–Trinajstić information content (AvgIpc) is 3.25. The molecule has 0 radical (unpaired) electrons. The van der Waals surface area contributed by atoms with Crippen LogP contribution in [0.25, 0.3) is 0 Å². The summed E-state index contributed by atoms with van der Waals surface area (Å²) in [5.74, 6) is -0.520. The highest BCUT2D eigenvalue weighted by atomic mass is 16.5. The first-order valence-electron chi connectivity index (χ1n) is 26.0. The van der Waals surface area contributed by atoms with Crippen molar-refractivity contribution >= 4 is 11.9 Å². The quantitative estimate of drug-likeness (QED) is 0.0322. The molecule has 0 rings (SSSR count). The number of hydrogen-bond donors (Lipinski definition) is 3. The molecule has 0 aliphatic carbocycles. The minimum Gasteiger partial charge on any atom is -0.462 e. The lowest BCUT2D eigenvalue weighted by molar-refractivity contribution is -0.151. The van der Waals surface area contributed by atoms with E-state index < -0.39 is 18.2 Å². The SMILES string of the molecule is CC/C=C/C/C=C/C/C=C/CCCCC(CC(=O)NC(CO)C(O)CCCCCCCCCCCCCCCCCC)OC(=O)CCCCCCCCC/C=C/C/C=C/CC. The van der Waals surface area contributed by atoms with Crippen LogP contribution >= 0.6 is 0 Å². The number of aliphatic hydroxyl groups excluding tert-OH is 2. The predicted molar refractivity (Wildman–Crippen MR) is 264 cm³/mol. The molecule has 0 saturated carbocycles. The fraction of sp³-hybridized carbons (Fsp3) is 0.782. The van der Waals surface area contributed by atoms with E-state index in [9.17, 15) is 19.8 Å². The summed E-state index contributed by atoms with van der Waals surface area (Å²) >= 11 is 0. The summed E-state index contributed by atoms with van der Waals surface area (Å²) in [6.45, 7) is 6.26. The maximum absolute atomic E-state index is 13.2. The second-order valence-electron chi connectivity index (χ2n) is 17.5. The minimum atomic E-state index is -0.800. The van der Waals surface area contributed by atoms with Crippen LogP contribution < -0.4 is 5.32 Å². The van der Waals surface area contributed by atoms with Gasteiger partial charge in [0.2, 0.25) is 5.91 Å². The molecule has 61 heavy (non-hydrogen) atoms. The zero-order valence-electron chi connectivity index (χ0n) is 40.3. The third-order valence-corrected chi connectivity index (χ3v) is 11.6. The molecule has 0 aromatic heterocycles. The Morgan fingerprint density at radius 2 is 0.885 bits per heavy atom. The number of rotatable bonds is 46. The molecule has 0 spiro atoms. The highest BCUT2D eigenvalue weighted by molar-refractivity contribution is 5.77. The number of hydrogen-bond acceptors (Lipinski definition) is 5. The number of ether oxygens (including phenoxy) is 1. The first-order valence-corrected chi connectivity index (χ1v) is 26.0. The topological polar surface area (TPSA) is 95.9 Å². The Kier molecular flexibility index (Phi) is 46.6. The van der Waals surface area contributed by atoms with E-state index in [0.717, 1.165) is 96.3 Å². The largest absolute Gasteiger partial charge is 0.462 e. The van der Waals surface area contributed by atoms with Crippen LogP contribution in [0.15, 0.2) is 60.8 Å². The van der Waals surface area contributed by atoms with Crippen LogP contribution in [0.5, 0.6) is 0 Å². The van der Waals surface area contributed by atoms with Gasteiger partial charge in [0.25, 0.3) is 0 Å². The summed E-state index contributed by atoms with van der Waals surface area (Å²) in [6, 6.07) is -0.716. The van der Waals surface area contributed by atoms with Gasteiger partial charge in [0.05, 0.1) is 25.2 Å². The summed E-state index contributed by atoms with van der Waals surface area (Å²) in [5.41, 5.74) is 0. The smallest absolute Gasteiger partial charge is 0.306 e. The maximum atomic E-state index is 13.2. The molecule has 6 heteroatoms. The lowest BCUT2D eigenvalue weighted by atomic mass is 10.0. The second-order valence-corrected chi connectivity index (χ2v) is 17.5. The molecule has 0 heterocycles. The van der Waals surface area contributed by atoms with Crippen molar-refractivity contribution in [1.29, 1.82) is 0 Å². The number of esters is 1. The maximum Gasteiger partial charge on any atom is 0.306 e. The monoisotopic (exact) mass is 854 g/mol. The van der Waals surface area contributed by atoms with Crippen molar-refractivity contribution in [2.75, 3.05) is 6.61 Å². The van der Waals surface area contributed by atoms with Crippen LogP contribution in [-0.2, 0) is 14.3 Å².